The lowest BCUT2D eigenvalue weighted by molar-refractivity contribution is -0.147. The third-order valence-corrected chi connectivity index (χ3v) is 4.45. The van der Waals surface area contributed by atoms with Gasteiger partial charge < -0.3 is 4.74 Å². The first-order chi connectivity index (χ1) is 12.4. The Morgan fingerprint density at radius 1 is 1.04 bits per heavy atom. The molecule has 0 aromatic heterocycles. The van der Waals surface area contributed by atoms with Gasteiger partial charge in [-0.1, -0.05) is 61.0 Å². The molecule has 0 saturated heterocycles. The molecule has 2 aromatic rings. The molecule has 0 amide bonds. The molecule has 0 heterocycles. The predicted octanol–water partition coefficient (Wildman–Crippen LogP) is 5.59. The summed E-state index contributed by atoms with van der Waals surface area (Å²) in [6, 6.07) is 16.5. The summed E-state index contributed by atoms with van der Waals surface area (Å²) in [5.41, 5.74) is 2.88. The van der Waals surface area contributed by atoms with Crippen molar-refractivity contribution in [1.29, 1.82) is 0 Å². The first-order valence-electron chi connectivity index (χ1n) is 8.66. The molecule has 4 heteroatoms. The average Bonchev–Trinajstić information content (AvgIpc) is 2.65. The van der Waals surface area contributed by atoms with Crippen molar-refractivity contribution in [2.75, 3.05) is 6.61 Å². The molecule has 136 valence electrons. The molecule has 0 aliphatic rings. The smallest absolute Gasteiger partial charge is 0.308 e. The van der Waals surface area contributed by atoms with Crippen molar-refractivity contribution < 1.29 is 14.3 Å². The van der Waals surface area contributed by atoms with Crippen LogP contribution in [0.15, 0.2) is 60.2 Å². The number of halogens is 1. The van der Waals surface area contributed by atoms with Crippen LogP contribution in [0.1, 0.15) is 43.1 Å². The van der Waals surface area contributed by atoms with Crippen molar-refractivity contribution in [2.24, 2.45) is 5.92 Å². The van der Waals surface area contributed by atoms with E-state index >= 15 is 0 Å². The number of carbonyl (C=O) groups is 2. The number of hydrogen-bond donors (Lipinski definition) is 0. The number of rotatable bonds is 7. The van der Waals surface area contributed by atoms with Crippen LogP contribution in [0, 0.1) is 5.92 Å². The average molecular weight is 371 g/mol. The first-order valence-corrected chi connectivity index (χ1v) is 9.03. The number of Topliss-reactive ketones (excluding diaryl/α,β-unsaturated/α-hetero) is 1. The fraction of sp³-hybridized carbons (Fsp3) is 0.273. The van der Waals surface area contributed by atoms with Crippen LogP contribution < -0.4 is 0 Å². The predicted molar refractivity (Wildman–Crippen MR) is 105 cm³/mol. The van der Waals surface area contributed by atoms with Crippen molar-refractivity contribution in [1.82, 2.24) is 0 Å². The Morgan fingerprint density at radius 2 is 1.69 bits per heavy atom. The molecule has 0 aliphatic heterocycles. The van der Waals surface area contributed by atoms with Gasteiger partial charge in [0.05, 0.1) is 12.5 Å². The zero-order valence-electron chi connectivity index (χ0n) is 15.3. The van der Waals surface area contributed by atoms with Gasteiger partial charge in [-0.25, -0.2) is 0 Å². The van der Waals surface area contributed by atoms with Crippen LogP contribution in [0.25, 0.3) is 5.57 Å². The maximum absolute atomic E-state index is 13.1. The van der Waals surface area contributed by atoms with Gasteiger partial charge >= 0.3 is 5.97 Å². The molecule has 0 bridgehead atoms. The molecule has 0 saturated carbocycles. The monoisotopic (exact) mass is 370 g/mol. The zero-order valence-corrected chi connectivity index (χ0v) is 16.0. The van der Waals surface area contributed by atoms with Crippen LogP contribution in [0.5, 0.6) is 0 Å². The molecule has 2 rings (SSSR count). The summed E-state index contributed by atoms with van der Waals surface area (Å²) in [6.45, 7) is 5.76. The van der Waals surface area contributed by atoms with Crippen molar-refractivity contribution in [3.05, 3.63) is 76.3 Å². The van der Waals surface area contributed by atoms with Crippen LogP contribution in [-0.4, -0.2) is 18.4 Å². The quantitative estimate of drug-likeness (QED) is 0.362. The minimum atomic E-state index is -0.410. The number of carbonyl (C=O) groups excluding carboxylic acids is 2. The lowest BCUT2D eigenvalue weighted by Gasteiger charge is -2.16. The van der Waals surface area contributed by atoms with Gasteiger partial charge in [0.25, 0.3) is 0 Å². The van der Waals surface area contributed by atoms with Gasteiger partial charge in [-0.3, -0.25) is 9.59 Å². The fourth-order valence-electron chi connectivity index (χ4n) is 2.75. The van der Waals surface area contributed by atoms with E-state index in [1.54, 1.807) is 32.0 Å². The molecule has 0 fully saturated rings. The van der Waals surface area contributed by atoms with Gasteiger partial charge in [0, 0.05) is 16.2 Å². The number of benzene rings is 2. The third-order valence-electron chi connectivity index (χ3n) is 4.22. The molecule has 0 N–H and O–H groups in total. The first kappa shape index (κ1) is 19.9. The maximum atomic E-state index is 13.1. The summed E-state index contributed by atoms with van der Waals surface area (Å²) < 4.78 is 5.10. The summed E-state index contributed by atoms with van der Waals surface area (Å²) >= 11 is 6.11. The van der Waals surface area contributed by atoms with Gasteiger partial charge in [-0.2, -0.15) is 0 Å². The molecule has 2 aromatic carbocycles. The second kappa shape index (κ2) is 9.35. The molecule has 3 nitrogen and oxygen atoms in total. The Kier molecular flexibility index (Phi) is 7.16. The van der Waals surface area contributed by atoms with Crippen LogP contribution in [0.3, 0.4) is 0 Å². The minimum absolute atomic E-state index is 0.0841. The Hall–Kier alpha value is -2.39. The van der Waals surface area contributed by atoms with Crippen LogP contribution >= 0.6 is 11.6 Å². The number of hydrogen-bond acceptors (Lipinski definition) is 3. The summed E-state index contributed by atoms with van der Waals surface area (Å²) in [7, 11) is 0. The Labute approximate surface area is 159 Å². The highest BCUT2D eigenvalue weighted by atomic mass is 35.5. The normalized spacial score (nSPS) is 12.9. The largest absolute Gasteiger partial charge is 0.466 e. The van der Waals surface area contributed by atoms with E-state index in [1.165, 1.54) is 0 Å². The van der Waals surface area contributed by atoms with E-state index < -0.39 is 5.92 Å². The van der Waals surface area contributed by atoms with E-state index in [2.05, 4.69) is 0 Å². The third kappa shape index (κ3) is 5.06. The minimum Gasteiger partial charge on any atom is -0.466 e. The highest BCUT2D eigenvalue weighted by Crippen LogP contribution is 2.28. The lowest BCUT2D eigenvalue weighted by atomic mass is 9.88. The second-order valence-corrected chi connectivity index (χ2v) is 6.60. The zero-order chi connectivity index (χ0) is 19.1. The van der Waals surface area contributed by atoms with Crippen molar-refractivity contribution in [2.45, 2.75) is 27.2 Å². The number of ether oxygens (including phenoxy) is 1. The van der Waals surface area contributed by atoms with Crippen LogP contribution in [0.2, 0.25) is 5.02 Å². The molecular formula is C22H23ClO3. The second-order valence-electron chi connectivity index (χ2n) is 6.17. The number of esters is 1. The van der Waals surface area contributed by atoms with Gasteiger partial charge in [0.2, 0.25) is 0 Å². The highest BCUT2D eigenvalue weighted by Gasteiger charge is 2.23. The van der Waals surface area contributed by atoms with E-state index in [0.29, 0.717) is 29.2 Å². The summed E-state index contributed by atoms with van der Waals surface area (Å²) in [5.74, 6) is -0.796. The SMILES string of the molecule is CCOC(=O)C(C)C/C(C(=O)c1ccccc1)=C(\C)c1cccc(Cl)c1. The summed E-state index contributed by atoms with van der Waals surface area (Å²) in [4.78, 5) is 25.2. The van der Waals surface area contributed by atoms with E-state index in [1.807, 2.05) is 43.3 Å². The van der Waals surface area contributed by atoms with Crippen LogP contribution in [0.4, 0.5) is 0 Å². The van der Waals surface area contributed by atoms with Gasteiger partial charge in [0.1, 0.15) is 0 Å². The molecule has 1 atom stereocenters. The molecule has 26 heavy (non-hydrogen) atoms. The Balaban J connectivity index is 2.46. The van der Waals surface area contributed by atoms with Crippen molar-refractivity contribution >= 4 is 28.9 Å². The van der Waals surface area contributed by atoms with Gasteiger partial charge in [0.15, 0.2) is 5.78 Å². The van der Waals surface area contributed by atoms with E-state index in [-0.39, 0.29) is 11.8 Å². The Morgan fingerprint density at radius 3 is 2.31 bits per heavy atom. The number of allylic oxidation sites excluding steroid dienone is 2. The van der Waals surface area contributed by atoms with Gasteiger partial charge in [-0.05, 0) is 43.5 Å². The lowest BCUT2D eigenvalue weighted by Crippen LogP contribution is -2.18. The molecule has 0 spiro atoms. The molecule has 0 radical (unpaired) electrons. The van der Waals surface area contributed by atoms with Crippen LogP contribution in [-0.2, 0) is 9.53 Å². The standard InChI is InChI=1S/C22H23ClO3/c1-4-26-22(25)15(2)13-20(21(24)17-9-6-5-7-10-17)16(3)18-11-8-12-19(23)14-18/h5-12,14-15H,4,13H2,1-3H3/b20-16-. The highest BCUT2D eigenvalue weighted by molar-refractivity contribution is 6.30. The molecular weight excluding hydrogens is 348 g/mol. The fourth-order valence-corrected chi connectivity index (χ4v) is 2.94. The van der Waals surface area contributed by atoms with Gasteiger partial charge in [-0.15, -0.1) is 0 Å². The maximum Gasteiger partial charge on any atom is 0.308 e. The molecule has 0 aliphatic carbocycles. The number of ketones is 1. The van der Waals surface area contributed by atoms with Crippen molar-refractivity contribution in [3.8, 4) is 0 Å². The van der Waals surface area contributed by atoms with E-state index in [4.69, 9.17) is 16.3 Å². The summed E-state index contributed by atoms with van der Waals surface area (Å²) in [5, 5.41) is 0.604. The van der Waals surface area contributed by atoms with E-state index in [0.717, 1.165) is 11.1 Å². The van der Waals surface area contributed by atoms with Crippen molar-refractivity contribution in [3.63, 3.8) is 0 Å². The topological polar surface area (TPSA) is 43.4 Å². The summed E-state index contributed by atoms with van der Waals surface area (Å²) in [6.07, 6.45) is 0.310. The molecule has 1 unspecified atom stereocenters. The van der Waals surface area contributed by atoms with E-state index in [9.17, 15) is 9.59 Å². The Bertz CT molecular complexity index is 809.